The van der Waals surface area contributed by atoms with Gasteiger partial charge in [-0.25, -0.2) is 0 Å². The third kappa shape index (κ3) is 5.27. The average Bonchev–Trinajstić information content (AvgIpc) is 2.77. The number of aromatic nitrogens is 3. The van der Waals surface area contributed by atoms with Crippen molar-refractivity contribution in [3.8, 4) is 0 Å². The zero-order valence-corrected chi connectivity index (χ0v) is 11.3. The number of aliphatic hydroxyl groups is 1. The third-order valence-electron chi connectivity index (χ3n) is 2.56. The van der Waals surface area contributed by atoms with Gasteiger partial charge in [0.15, 0.2) is 0 Å². The number of hydrogen-bond donors (Lipinski definition) is 1. The van der Waals surface area contributed by atoms with Gasteiger partial charge in [-0.2, -0.15) is 0 Å². The van der Waals surface area contributed by atoms with Crippen LogP contribution in [-0.2, 0) is 11.3 Å². The lowest BCUT2D eigenvalue weighted by molar-refractivity contribution is -0.134. The van der Waals surface area contributed by atoms with Crippen LogP contribution in [0, 0.1) is 0 Å². The van der Waals surface area contributed by atoms with Crippen LogP contribution in [-0.4, -0.2) is 49.6 Å². The summed E-state index contributed by atoms with van der Waals surface area (Å²) in [7, 11) is 0. The Morgan fingerprint density at radius 1 is 1.50 bits per heavy atom. The normalized spacial score (nSPS) is 11.6. The molecule has 1 heterocycles. The lowest BCUT2D eigenvalue weighted by atomic mass is 10.1. The molecule has 0 saturated heterocycles. The number of hydrogen-bond acceptors (Lipinski definition) is 4. The number of rotatable bonds is 7. The molecule has 0 bridgehead atoms. The zero-order chi connectivity index (χ0) is 13.6. The summed E-state index contributed by atoms with van der Waals surface area (Å²) in [6.45, 7) is 7.00. The molecular formula is C12H22N4O2. The van der Waals surface area contributed by atoms with Crippen molar-refractivity contribution in [3.63, 3.8) is 0 Å². The third-order valence-corrected chi connectivity index (χ3v) is 2.56. The van der Waals surface area contributed by atoms with Gasteiger partial charge in [0.25, 0.3) is 0 Å². The van der Waals surface area contributed by atoms with Crippen LogP contribution in [0.3, 0.4) is 0 Å². The van der Waals surface area contributed by atoms with Crippen molar-refractivity contribution in [2.75, 3.05) is 13.1 Å². The molecule has 0 fully saturated rings. The van der Waals surface area contributed by atoms with Crippen molar-refractivity contribution in [3.05, 3.63) is 12.4 Å². The summed E-state index contributed by atoms with van der Waals surface area (Å²) in [5.74, 6) is 0.0692. The minimum Gasteiger partial charge on any atom is -0.389 e. The summed E-state index contributed by atoms with van der Waals surface area (Å²) < 4.78 is 1.71. The molecule has 0 aliphatic carbocycles. The second-order valence-electron chi connectivity index (χ2n) is 4.99. The molecule has 1 N–H and O–H groups in total. The number of amides is 1. The maximum atomic E-state index is 11.9. The van der Waals surface area contributed by atoms with E-state index in [-0.39, 0.29) is 5.91 Å². The van der Waals surface area contributed by atoms with Crippen LogP contribution in [0.5, 0.6) is 0 Å². The van der Waals surface area contributed by atoms with Crippen LogP contribution < -0.4 is 0 Å². The highest BCUT2D eigenvalue weighted by atomic mass is 16.3. The van der Waals surface area contributed by atoms with E-state index in [1.54, 1.807) is 35.8 Å². The van der Waals surface area contributed by atoms with E-state index in [2.05, 4.69) is 10.3 Å². The Morgan fingerprint density at radius 2 is 2.22 bits per heavy atom. The van der Waals surface area contributed by atoms with E-state index in [0.29, 0.717) is 26.1 Å². The number of likely N-dealkylation sites (N-methyl/N-ethyl adjacent to an activating group) is 1. The number of carbonyl (C=O) groups is 1. The average molecular weight is 254 g/mol. The molecule has 1 aromatic heterocycles. The van der Waals surface area contributed by atoms with E-state index in [9.17, 15) is 9.90 Å². The highest BCUT2D eigenvalue weighted by Gasteiger charge is 2.20. The molecule has 1 aromatic rings. The van der Waals surface area contributed by atoms with Gasteiger partial charge in [0.2, 0.25) is 5.91 Å². The van der Waals surface area contributed by atoms with E-state index in [0.717, 1.165) is 6.42 Å². The molecule has 102 valence electrons. The second-order valence-corrected chi connectivity index (χ2v) is 4.99. The van der Waals surface area contributed by atoms with Gasteiger partial charge in [-0.1, -0.05) is 5.21 Å². The molecule has 0 spiro atoms. The van der Waals surface area contributed by atoms with E-state index in [1.165, 1.54) is 0 Å². The molecule has 18 heavy (non-hydrogen) atoms. The lowest BCUT2D eigenvalue weighted by Crippen LogP contribution is -2.42. The molecule has 6 nitrogen and oxygen atoms in total. The maximum Gasteiger partial charge on any atom is 0.222 e. The Kier molecular flexibility index (Phi) is 5.27. The molecule has 0 radical (unpaired) electrons. The van der Waals surface area contributed by atoms with Crippen molar-refractivity contribution < 1.29 is 9.90 Å². The number of nitrogens with zero attached hydrogens (tertiary/aromatic N) is 4. The van der Waals surface area contributed by atoms with Gasteiger partial charge in [-0.05, 0) is 27.2 Å². The van der Waals surface area contributed by atoms with E-state index < -0.39 is 5.60 Å². The van der Waals surface area contributed by atoms with Gasteiger partial charge in [0, 0.05) is 32.3 Å². The molecule has 0 unspecified atom stereocenters. The fourth-order valence-corrected chi connectivity index (χ4v) is 1.75. The topological polar surface area (TPSA) is 71.2 Å². The first-order chi connectivity index (χ1) is 8.42. The summed E-state index contributed by atoms with van der Waals surface area (Å²) in [4.78, 5) is 13.6. The van der Waals surface area contributed by atoms with Crippen molar-refractivity contribution in [1.29, 1.82) is 0 Å². The Labute approximate surface area is 108 Å². The molecule has 0 aliphatic rings. The smallest absolute Gasteiger partial charge is 0.222 e. The maximum absolute atomic E-state index is 11.9. The van der Waals surface area contributed by atoms with E-state index >= 15 is 0 Å². The Morgan fingerprint density at radius 3 is 2.72 bits per heavy atom. The fourth-order valence-electron chi connectivity index (χ4n) is 1.75. The highest BCUT2D eigenvalue weighted by Crippen LogP contribution is 2.07. The molecular weight excluding hydrogens is 232 g/mol. The zero-order valence-electron chi connectivity index (χ0n) is 11.3. The second kappa shape index (κ2) is 6.49. The van der Waals surface area contributed by atoms with Crippen molar-refractivity contribution >= 4 is 5.91 Å². The van der Waals surface area contributed by atoms with Crippen LogP contribution >= 0.6 is 0 Å². The Balaban J connectivity index is 2.33. The van der Waals surface area contributed by atoms with Crippen molar-refractivity contribution in [2.45, 2.75) is 45.8 Å². The molecule has 0 aromatic carbocycles. The van der Waals surface area contributed by atoms with Gasteiger partial charge in [-0.15, -0.1) is 5.10 Å². The Hall–Kier alpha value is -1.43. The van der Waals surface area contributed by atoms with E-state index in [4.69, 9.17) is 0 Å². The molecule has 6 heteroatoms. The first-order valence-electron chi connectivity index (χ1n) is 6.26. The Bertz CT molecular complexity index is 357. The summed E-state index contributed by atoms with van der Waals surface area (Å²) in [5.41, 5.74) is -0.850. The first kappa shape index (κ1) is 14.6. The SMILES string of the molecule is CCN(CC(C)(C)O)C(=O)CCCn1ccnn1. The molecule has 1 amide bonds. The largest absolute Gasteiger partial charge is 0.389 e. The van der Waals surface area contributed by atoms with Crippen LogP contribution in [0.2, 0.25) is 0 Å². The summed E-state index contributed by atoms with van der Waals surface area (Å²) in [5, 5.41) is 17.3. The first-order valence-corrected chi connectivity index (χ1v) is 6.26. The molecule has 0 saturated carbocycles. The van der Waals surface area contributed by atoms with Gasteiger partial charge >= 0.3 is 0 Å². The minimum atomic E-state index is -0.850. The summed E-state index contributed by atoms with van der Waals surface area (Å²) >= 11 is 0. The van der Waals surface area contributed by atoms with Gasteiger partial charge < -0.3 is 10.0 Å². The quantitative estimate of drug-likeness (QED) is 0.776. The monoisotopic (exact) mass is 254 g/mol. The minimum absolute atomic E-state index is 0.0692. The van der Waals surface area contributed by atoms with Crippen molar-refractivity contribution in [1.82, 2.24) is 19.9 Å². The standard InChI is InChI=1S/C12H22N4O2/c1-4-15(10-12(2,3)18)11(17)6-5-8-16-9-7-13-14-16/h7,9,18H,4-6,8,10H2,1-3H3. The summed E-state index contributed by atoms with van der Waals surface area (Å²) in [6, 6.07) is 0. The molecule has 0 atom stereocenters. The van der Waals surface area contributed by atoms with Crippen LogP contribution in [0.4, 0.5) is 0 Å². The highest BCUT2D eigenvalue weighted by molar-refractivity contribution is 5.76. The number of aryl methyl sites for hydroxylation is 1. The number of carbonyl (C=O) groups excluding carboxylic acids is 1. The van der Waals surface area contributed by atoms with Crippen LogP contribution in [0.25, 0.3) is 0 Å². The molecule has 1 rings (SSSR count). The van der Waals surface area contributed by atoms with Gasteiger partial charge in [0.1, 0.15) is 0 Å². The fraction of sp³-hybridized carbons (Fsp3) is 0.750. The van der Waals surface area contributed by atoms with Gasteiger partial charge in [-0.3, -0.25) is 9.48 Å². The lowest BCUT2D eigenvalue weighted by Gasteiger charge is -2.28. The predicted octanol–water partition coefficient (Wildman–Crippen LogP) is 0.678. The predicted molar refractivity (Wildman–Crippen MR) is 67.8 cm³/mol. The van der Waals surface area contributed by atoms with Gasteiger partial charge in [0.05, 0.1) is 11.8 Å². The van der Waals surface area contributed by atoms with E-state index in [1.807, 2.05) is 6.92 Å². The van der Waals surface area contributed by atoms with Crippen LogP contribution in [0.15, 0.2) is 12.4 Å². The van der Waals surface area contributed by atoms with Crippen LogP contribution in [0.1, 0.15) is 33.6 Å². The molecule has 0 aliphatic heterocycles. The van der Waals surface area contributed by atoms with Crippen molar-refractivity contribution in [2.24, 2.45) is 0 Å². The summed E-state index contributed by atoms with van der Waals surface area (Å²) in [6.07, 6.45) is 4.58.